The summed E-state index contributed by atoms with van der Waals surface area (Å²) in [6.07, 6.45) is 0.403. The minimum Gasteiger partial charge on any atom is -0.339 e. The van der Waals surface area contributed by atoms with Gasteiger partial charge in [-0.05, 0) is 56.3 Å². The van der Waals surface area contributed by atoms with Gasteiger partial charge in [0.05, 0.1) is 0 Å². The number of halogens is 2. The fourth-order valence-corrected chi connectivity index (χ4v) is 2.80. The van der Waals surface area contributed by atoms with Gasteiger partial charge in [-0.15, -0.1) is 0 Å². The smallest absolute Gasteiger partial charge is 0.254 e. The summed E-state index contributed by atoms with van der Waals surface area (Å²) in [5, 5.41) is 4.60. The van der Waals surface area contributed by atoms with Crippen LogP contribution in [0.2, 0.25) is 5.02 Å². The minimum atomic E-state index is -0.436. The van der Waals surface area contributed by atoms with Crippen molar-refractivity contribution in [3.63, 3.8) is 0 Å². The predicted molar refractivity (Wildman–Crippen MR) is 101 cm³/mol. The van der Waals surface area contributed by atoms with Gasteiger partial charge in [0.2, 0.25) is 11.7 Å². The molecular formula is C20H19ClFN3O2. The molecule has 3 rings (SSSR count). The predicted octanol–water partition coefficient (Wildman–Crippen LogP) is 4.62. The number of nitrogens with zero attached hydrogens (tertiary/aromatic N) is 3. The van der Waals surface area contributed by atoms with Gasteiger partial charge in [-0.1, -0.05) is 22.8 Å². The van der Waals surface area contributed by atoms with Crippen molar-refractivity contribution in [1.29, 1.82) is 0 Å². The Balaban J connectivity index is 1.70. The molecule has 27 heavy (non-hydrogen) atoms. The first-order valence-corrected chi connectivity index (χ1v) is 8.97. The number of benzene rings is 2. The topological polar surface area (TPSA) is 59.2 Å². The third-order valence-corrected chi connectivity index (χ3v) is 4.34. The molecule has 0 spiro atoms. The maximum Gasteiger partial charge on any atom is 0.254 e. The molecule has 0 radical (unpaired) electrons. The fourth-order valence-electron chi connectivity index (χ4n) is 2.67. The average Bonchev–Trinajstić information content (AvgIpc) is 3.11. The van der Waals surface area contributed by atoms with Crippen LogP contribution in [0.25, 0.3) is 11.4 Å². The first kappa shape index (κ1) is 19.0. The third kappa shape index (κ3) is 4.71. The molecule has 0 N–H and O–H groups in total. The number of hydrogen-bond acceptors (Lipinski definition) is 4. The van der Waals surface area contributed by atoms with Crippen molar-refractivity contribution in [3.05, 3.63) is 70.8 Å². The molecule has 0 unspecified atom stereocenters. The van der Waals surface area contributed by atoms with E-state index in [1.807, 2.05) is 26.0 Å². The lowest BCUT2D eigenvalue weighted by Crippen LogP contribution is -2.38. The van der Waals surface area contributed by atoms with Crippen LogP contribution in [0, 0.1) is 5.82 Å². The van der Waals surface area contributed by atoms with Crippen LogP contribution in [-0.2, 0) is 6.42 Å². The number of aromatic nitrogens is 2. The van der Waals surface area contributed by atoms with Crippen LogP contribution < -0.4 is 0 Å². The summed E-state index contributed by atoms with van der Waals surface area (Å²) in [7, 11) is 0. The van der Waals surface area contributed by atoms with E-state index in [0.29, 0.717) is 35.3 Å². The van der Waals surface area contributed by atoms with E-state index in [-0.39, 0.29) is 11.9 Å². The van der Waals surface area contributed by atoms with Crippen LogP contribution in [0.5, 0.6) is 0 Å². The summed E-state index contributed by atoms with van der Waals surface area (Å²) in [5.41, 5.74) is 1.11. The van der Waals surface area contributed by atoms with Gasteiger partial charge in [0.25, 0.3) is 5.91 Å². The second-order valence-electron chi connectivity index (χ2n) is 6.37. The maximum absolute atomic E-state index is 13.4. The molecule has 0 saturated heterocycles. The Morgan fingerprint density at radius 1 is 1.22 bits per heavy atom. The molecule has 7 heteroatoms. The van der Waals surface area contributed by atoms with Crippen LogP contribution in [0.4, 0.5) is 4.39 Å². The lowest BCUT2D eigenvalue weighted by Gasteiger charge is -2.26. The summed E-state index contributed by atoms with van der Waals surface area (Å²) in [4.78, 5) is 18.7. The first-order valence-electron chi connectivity index (χ1n) is 8.59. The van der Waals surface area contributed by atoms with E-state index in [1.54, 1.807) is 23.1 Å². The minimum absolute atomic E-state index is 0.0561. The van der Waals surface area contributed by atoms with Gasteiger partial charge < -0.3 is 9.42 Å². The average molecular weight is 388 g/mol. The number of rotatable bonds is 6. The van der Waals surface area contributed by atoms with E-state index >= 15 is 0 Å². The highest BCUT2D eigenvalue weighted by atomic mass is 35.5. The zero-order valence-corrected chi connectivity index (χ0v) is 15.8. The third-order valence-electron chi connectivity index (χ3n) is 4.09. The lowest BCUT2D eigenvalue weighted by molar-refractivity contribution is 0.0703. The number of carbonyl (C=O) groups is 1. The molecule has 1 heterocycles. The summed E-state index contributed by atoms with van der Waals surface area (Å²) in [5.74, 6) is 0.225. The molecule has 0 aliphatic carbocycles. The van der Waals surface area contributed by atoms with E-state index in [1.165, 1.54) is 18.2 Å². The van der Waals surface area contributed by atoms with Gasteiger partial charge in [-0.25, -0.2) is 4.39 Å². The zero-order chi connectivity index (χ0) is 19.4. The summed E-state index contributed by atoms with van der Waals surface area (Å²) in [6.45, 7) is 4.20. The van der Waals surface area contributed by atoms with Gasteiger partial charge in [0, 0.05) is 35.2 Å². The molecule has 0 saturated carbocycles. The largest absolute Gasteiger partial charge is 0.339 e. The molecule has 0 aliphatic heterocycles. The second-order valence-corrected chi connectivity index (χ2v) is 6.81. The van der Waals surface area contributed by atoms with Crippen molar-refractivity contribution >= 4 is 17.5 Å². The van der Waals surface area contributed by atoms with E-state index < -0.39 is 5.82 Å². The van der Waals surface area contributed by atoms with Crippen LogP contribution in [0.15, 0.2) is 53.1 Å². The van der Waals surface area contributed by atoms with E-state index in [4.69, 9.17) is 16.1 Å². The maximum atomic E-state index is 13.4. The van der Waals surface area contributed by atoms with E-state index in [0.717, 1.165) is 5.56 Å². The second kappa shape index (κ2) is 8.31. The molecule has 0 fully saturated rings. The molecule has 1 aromatic heterocycles. The molecule has 3 aromatic rings. The van der Waals surface area contributed by atoms with Crippen LogP contribution in [-0.4, -0.2) is 33.5 Å². The summed E-state index contributed by atoms with van der Waals surface area (Å²) < 4.78 is 18.7. The van der Waals surface area contributed by atoms with Gasteiger partial charge in [0.15, 0.2) is 0 Å². The monoisotopic (exact) mass is 387 g/mol. The number of amides is 1. The Kier molecular flexibility index (Phi) is 5.86. The molecule has 0 bridgehead atoms. The molecule has 0 atom stereocenters. The number of hydrogen-bond donors (Lipinski definition) is 0. The molecule has 0 aliphatic rings. The van der Waals surface area contributed by atoms with Crippen molar-refractivity contribution in [1.82, 2.24) is 15.0 Å². The van der Waals surface area contributed by atoms with Crippen LogP contribution >= 0.6 is 11.6 Å². The van der Waals surface area contributed by atoms with E-state index in [2.05, 4.69) is 10.1 Å². The van der Waals surface area contributed by atoms with Gasteiger partial charge >= 0.3 is 0 Å². The van der Waals surface area contributed by atoms with Gasteiger partial charge in [-0.3, -0.25) is 4.79 Å². The fraction of sp³-hybridized carbons (Fsp3) is 0.250. The zero-order valence-electron chi connectivity index (χ0n) is 15.0. The first-order chi connectivity index (χ1) is 12.9. The highest BCUT2D eigenvalue weighted by Gasteiger charge is 2.20. The molecule has 5 nitrogen and oxygen atoms in total. The molecule has 140 valence electrons. The van der Waals surface area contributed by atoms with Crippen molar-refractivity contribution in [2.75, 3.05) is 6.54 Å². The van der Waals surface area contributed by atoms with Crippen LogP contribution in [0.1, 0.15) is 30.1 Å². The normalized spacial score (nSPS) is 11.0. The Bertz CT molecular complexity index is 925. The number of carbonyl (C=O) groups excluding carboxylic acids is 1. The van der Waals surface area contributed by atoms with Crippen molar-refractivity contribution in [3.8, 4) is 11.4 Å². The summed E-state index contributed by atoms with van der Waals surface area (Å²) >= 11 is 5.88. The highest BCUT2D eigenvalue weighted by molar-refractivity contribution is 6.30. The Hall–Kier alpha value is -2.73. The van der Waals surface area contributed by atoms with Crippen molar-refractivity contribution in [2.45, 2.75) is 26.3 Å². The quantitative estimate of drug-likeness (QED) is 0.619. The lowest BCUT2D eigenvalue weighted by atomic mass is 10.1. The summed E-state index contributed by atoms with van der Waals surface area (Å²) in [6, 6.07) is 12.8. The highest BCUT2D eigenvalue weighted by Crippen LogP contribution is 2.19. The van der Waals surface area contributed by atoms with Crippen molar-refractivity contribution < 1.29 is 13.7 Å². The standard InChI is InChI=1S/C20H19ClFN3O2/c1-13(2)25(20(26)15-4-3-5-17(22)12-15)11-10-18-23-19(24-27-18)14-6-8-16(21)9-7-14/h3-9,12-13H,10-11H2,1-2H3. The van der Waals surface area contributed by atoms with Gasteiger partial charge in [0.1, 0.15) is 5.82 Å². The Labute approximate surface area is 161 Å². The molecule has 1 amide bonds. The molecule has 2 aromatic carbocycles. The SMILES string of the molecule is CC(C)N(CCc1nc(-c2ccc(Cl)cc2)no1)C(=O)c1cccc(F)c1. The molecular weight excluding hydrogens is 369 g/mol. The van der Waals surface area contributed by atoms with E-state index in [9.17, 15) is 9.18 Å². The Morgan fingerprint density at radius 3 is 2.63 bits per heavy atom. The Morgan fingerprint density at radius 2 is 1.96 bits per heavy atom. The van der Waals surface area contributed by atoms with Crippen molar-refractivity contribution in [2.24, 2.45) is 0 Å². The van der Waals surface area contributed by atoms with Gasteiger partial charge in [-0.2, -0.15) is 4.98 Å². The van der Waals surface area contributed by atoms with Crippen LogP contribution in [0.3, 0.4) is 0 Å².